The molecule has 0 aliphatic rings. The minimum atomic E-state index is -4.43. The number of carbonyl (C=O) groups is 1. The Morgan fingerprint density at radius 3 is 2.61 bits per heavy atom. The Morgan fingerprint density at radius 1 is 1.18 bits per heavy atom. The SMILES string of the molecule is C=CCNc1nc(-c2cccc(NC(=O)c3ccc(C(F)(F)F)cc3)c2)cs1. The highest BCUT2D eigenvalue weighted by atomic mass is 32.1. The number of nitrogens with zero attached hydrogens (tertiary/aromatic N) is 1. The van der Waals surface area contributed by atoms with Gasteiger partial charge in [-0.1, -0.05) is 18.2 Å². The predicted octanol–water partition coefficient (Wildman–Crippen LogP) is 5.68. The Kier molecular flexibility index (Phi) is 5.79. The molecule has 28 heavy (non-hydrogen) atoms. The standard InChI is InChI=1S/C20H16F3N3OS/c1-2-10-24-19-26-17(12-28-19)14-4-3-5-16(11-14)25-18(27)13-6-8-15(9-7-13)20(21,22)23/h2-9,11-12H,1,10H2,(H,24,26)(H,25,27). The number of alkyl halides is 3. The summed E-state index contributed by atoms with van der Waals surface area (Å²) in [6, 6.07) is 11.2. The van der Waals surface area contributed by atoms with E-state index in [9.17, 15) is 18.0 Å². The summed E-state index contributed by atoms with van der Waals surface area (Å²) in [4.78, 5) is 16.8. The number of rotatable bonds is 6. The van der Waals surface area contributed by atoms with Crippen molar-refractivity contribution in [1.82, 2.24) is 4.98 Å². The lowest BCUT2D eigenvalue weighted by atomic mass is 10.1. The van der Waals surface area contributed by atoms with E-state index in [1.165, 1.54) is 11.3 Å². The third-order valence-electron chi connectivity index (χ3n) is 3.79. The van der Waals surface area contributed by atoms with Gasteiger partial charge in [-0.25, -0.2) is 4.98 Å². The van der Waals surface area contributed by atoms with Gasteiger partial charge in [0.15, 0.2) is 5.13 Å². The Morgan fingerprint density at radius 2 is 1.93 bits per heavy atom. The highest BCUT2D eigenvalue weighted by molar-refractivity contribution is 7.14. The molecule has 0 aliphatic carbocycles. The molecule has 0 radical (unpaired) electrons. The van der Waals surface area contributed by atoms with Gasteiger partial charge in [0.25, 0.3) is 5.91 Å². The van der Waals surface area contributed by atoms with Crippen molar-refractivity contribution < 1.29 is 18.0 Å². The van der Waals surface area contributed by atoms with Gasteiger partial charge >= 0.3 is 6.18 Å². The quantitative estimate of drug-likeness (QED) is 0.521. The highest BCUT2D eigenvalue weighted by Crippen LogP contribution is 2.29. The zero-order valence-electron chi connectivity index (χ0n) is 14.6. The molecule has 0 aliphatic heterocycles. The van der Waals surface area contributed by atoms with Gasteiger partial charge in [-0.2, -0.15) is 13.2 Å². The predicted molar refractivity (Wildman–Crippen MR) is 106 cm³/mol. The molecule has 144 valence electrons. The third kappa shape index (κ3) is 4.77. The highest BCUT2D eigenvalue weighted by Gasteiger charge is 2.30. The molecule has 0 saturated carbocycles. The average Bonchev–Trinajstić information content (AvgIpc) is 3.15. The van der Waals surface area contributed by atoms with E-state index >= 15 is 0 Å². The van der Waals surface area contributed by atoms with Crippen molar-refractivity contribution in [3.63, 3.8) is 0 Å². The lowest BCUT2D eigenvalue weighted by Gasteiger charge is -2.09. The Balaban J connectivity index is 1.72. The molecule has 0 spiro atoms. The van der Waals surface area contributed by atoms with Crippen LogP contribution in [-0.4, -0.2) is 17.4 Å². The van der Waals surface area contributed by atoms with Crippen LogP contribution in [0.15, 0.2) is 66.6 Å². The average molecular weight is 403 g/mol. The first kappa shape index (κ1) is 19.6. The first-order valence-electron chi connectivity index (χ1n) is 8.26. The van der Waals surface area contributed by atoms with Crippen LogP contribution in [0.25, 0.3) is 11.3 Å². The van der Waals surface area contributed by atoms with Gasteiger partial charge < -0.3 is 10.6 Å². The first-order chi connectivity index (χ1) is 13.4. The molecule has 0 bridgehead atoms. The fourth-order valence-electron chi connectivity index (χ4n) is 2.42. The number of amides is 1. The number of anilines is 2. The van der Waals surface area contributed by atoms with Crippen LogP contribution in [0.4, 0.5) is 24.0 Å². The summed E-state index contributed by atoms with van der Waals surface area (Å²) in [5.41, 5.74) is 1.43. The van der Waals surface area contributed by atoms with Crippen molar-refractivity contribution in [3.05, 3.63) is 77.7 Å². The molecule has 1 amide bonds. The summed E-state index contributed by atoms with van der Waals surface area (Å²) in [6.07, 6.45) is -2.70. The van der Waals surface area contributed by atoms with E-state index in [1.807, 2.05) is 11.4 Å². The van der Waals surface area contributed by atoms with Gasteiger partial charge in [0.2, 0.25) is 0 Å². The summed E-state index contributed by atoms with van der Waals surface area (Å²) in [7, 11) is 0. The van der Waals surface area contributed by atoms with Crippen LogP contribution < -0.4 is 10.6 Å². The minimum absolute atomic E-state index is 0.142. The van der Waals surface area contributed by atoms with Crippen molar-refractivity contribution in [1.29, 1.82) is 0 Å². The second-order valence-electron chi connectivity index (χ2n) is 5.82. The van der Waals surface area contributed by atoms with E-state index in [0.717, 1.165) is 40.7 Å². The zero-order valence-corrected chi connectivity index (χ0v) is 15.4. The first-order valence-corrected chi connectivity index (χ1v) is 9.14. The van der Waals surface area contributed by atoms with Crippen LogP contribution in [0.3, 0.4) is 0 Å². The van der Waals surface area contributed by atoms with E-state index < -0.39 is 17.6 Å². The zero-order chi connectivity index (χ0) is 20.1. The van der Waals surface area contributed by atoms with E-state index in [0.29, 0.717) is 12.2 Å². The van der Waals surface area contributed by atoms with Gasteiger partial charge in [0.05, 0.1) is 11.3 Å². The molecule has 3 aromatic rings. The van der Waals surface area contributed by atoms with Crippen molar-refractivity contribution in [2.24, 2.45) is 0 Å². The number of aromatic nitrogens is 1. The summed E-state index contributed by atoms with van der Waals surface area (Å²) < 4.78 is 37.9. The van der Waals surface area contributed by atoms with E-state index in [1.54, 1.807) is 24.3 Å². The van der Waals surface area contributed by atoms with Crippen molar-refractivity contribution in [2.75, 3.05) is 17.2 Å². The van der Waals surface area contributed by atoms with Gasteiger partial charge in [-0.3, -0.25) is 4.79 Å². The number of hydrogen-bond acceptors (Lipinski definition) is 4. The number of benzene rings is 2. The number of nitrogens with one attached hydrogen (secondary N) is 2. The molecule has 0 atom stereocenters. The molecular weight excluding hydrogens is 387 g/mol. The van der Waals surface area contributed by atoms with Crippen LogP contribution >= 0.6 is 11.3 Å². The fraction of sp³-hybridized carbons (Fsp3) is 0.100. The summed E-state index contributed by atoms with van der Waals surface area (Å²) >= 11 is 1.45. The number of halogens is 3. The second-order valence-corrected chi connectivity index (χ2v) is 6.68. The lowest BCUT2D eigenvalue weighted by Crippen LogP contribution is -2.12. The topological polar surface area (TPSA) is 54.0 Å². The van der Waals surface area contributed by atoms with Gasteiger partial charge in [-0.05, 0) is 36.4 Å². The molecule has 2 aromatic carbocycles. The third-order valence-corrected chi connectivity index (χ3v) is 4.59. The maximum atomic E-state index is 12.6. The Labute approximate surface area is 163 Å². The van der Waals surface area contributed by atoms with Crippen LogP contribution in [0.5, 0.6) is 0 Å². The minimum Gasteiger partial charge on any atom is -0.358 e. The Bertz CT molecular complexity index is 981. The van der Waals surface area contributed by atoms with Crippen molar-refractivity contribution in [3.8, 4) is 11.3 Å². The lowest BCUT2D eigenvalue weighted by molar-refractivity contribution is -0.137. The molecule has 0 saturated heterocycles. The van der Waals surface area contributed by atoms with Crippen LogP contribution in [0, 0.1) is 0 Å². The summed E-state index contributed by atoms with van der Waals surface area (Å²) in [5, 5.41) is 8.45. The summed E-state index contributed by atoms with van der Waals surface area (Å²) in [5.74, 6) is -0.488. The van der Waals surface area contributed by atoms with Crippen molar-refractivity contribution in [2.45, 2.75) is 6.18 Å². The molecule has 2 N–H and O–H groups in total. The van der Waals surface area contributed by atoms with E-state index in [-0.39, 0.29) is 5.56 Å². The van der Waals surface area contributed by atoms with E-state index in [4.69, 9.17) is 0 Å². The Hall–Kier alpha value is -3.13. The molecular formula is C20H16F3N3OS. The normalized spacial score (nSPS) is 11.1. The maximum Gasteiger partial charge on any atom is 0.416 e. The molecule has 8 heteroatoms. The van der Waals surface area contributed by atoms with Gasteiger partial charge in [0, 0.05) is 28.7 Å². The fourth-order valence-corrected chi connectivity index (χ4v) is 3.15. The second kappa shape index (κ2) is 8.26. The largest absolute Gasteiger partial charge is 0.416 e. The maximum absolute atomic E-state index is 12.6. The van der Waals surface area contributed by atoms with Gasteiger partial charge in [-0.15, -0.1) is 17.9 Å². The smallest absolute Gasteiger partial charge is 0.358 e. The molecule has 3 rings (SSSR count). The van der Waals surface area contributed by atoms with E-state index in [2.05, 4.69) is 22.2 Å². The van der Waals surface area contributed by atoms with Crippen LogP contribution in [0.2, 0.25) is 0 Å². The molecule has 1 aromatic heterocycles. The molecule has 0 unspecified atom stereocenters. The number of thiazole rings is 1. The monoisotopic (exact) mass is 403 g/mol. The summed E-state index contributed by atoms with van der Waals surface area (Å²) in [6.45, 7) is 4.25. The molecule has 1 heterocycles. The number of hydrogen-bond donors (Lipinski definition) is 2. The number of carbonyl (C=O) groups excluding carboxylic acids is 1. The van der Waals surface area contributed by atoms with Crippen LogP contribution in [0.1, 0.15) is 15.9 Å². The molecule has 0 fully saturated rings. The van der Waals surface area contributed by atoms with Crippen molar-refractivity contribution >= 4 is 28.1 Å². The molecule has 4 nitrogen and oxygen atoms in total. The van der Waals surface area contributed by atoms with Crippen LogP contribution in [-0.2, 0) is 6.18 Å². The van der Waals surface area contributed by atoms with Gasteiger partial charge in [0.1, 0.15) is 0 Å².